The van der Waals surface area contributed by atoms with Gasteiger partial charge < -0.3 is 4.74 Å². The molecular weight excluding hydrogens is 398 g/mol. The molecule has 0 amide bonds. The predicted molar refractivity (Wildman–Crippen MR) is 78.2 cm³/mol. The molecule has 0 spiro atoms. The lowest BCUT2D eigenvalue weighted by molar-refractivity contribution is 0.103. The Balaban J connectivity index is 2.46. The van der Waals surface area contributed by atoms with Gasteiger partial charge in [0.05, 0.1) is 21.6 Å². The second-order valence-corrected chi connectivity index (χ2v) is 5.63. The highest BCUT2D eigenvalue weighted by atomic mass is 79.9. The number of carbonyl (C=O) groups excluding carboxylic acids is 1. The Kier molecular flexibility index (Phi) is 4.55. The fourth-order valence-corrected chi connectivity index (χ4v) is 2.52. The maximum absolute atomic E-state index is 13.8. The smallest absolute Gasteiger partial charge is 0.196 e. The second kappa shape index (κ2) is 6.01. The summed E-state index contributed by atoms with van der Waals surface area (Å²) < 4.78 is 32.8. The first-order valence-electron chi connectivity index (χ1n) is 5.47. The largest absolute Gasteiger partial charge is 0.496 e. The van der Waals surface area contributed by atoms with E-state index >= 15 is 0 Å². The highest BCUT2D eigenvalue weighted by Crippen LogP contribution is 2.28. The maximum atomic E-state index is 13.8. The van der Waals surface area contributed by atoms with Gasteiger partial charge in [0.1, 0.15) is 17.4 Å². The molecule has 0 aliphatic rings. The molecule has 2 aromatic rings. The van der Waals surface area contributed by atoms with E-state index in [2.05, 4.69) is 31.9 Å². The molecule has 0 saturated carbocycles. The number of halogens is 4. The van der Waals surface area contributed by atoms with Crippen LogP contribution >= 0.6 is 31.9 Å². The Morgan fingerprint density at radius 1 is 1.05 bits per heavy atom. The van der Waals surface area contributed by atoms with Crippen molar-refractivity contribution in [2.75, 3.05) is 7.11 Å². The third kappa shape index (κ3) is 2.91. The molecule has 0 atom stereocenters. The molecule has 2 nitrogen and oxygen atoms in total. The van der Waals surface area contributed by atoms with Gasteiger partial charge in [-0.3, -0.25) is 4.79 Å². The minimum absolute atomic E-state index is 0.0255. The normalized spacial score (nSPS) is 10.4. The van der Waals surface area contributed by atoms with Gasteiger partial charge in [-0.15, -0.1) is 0 Å². The van der Waals surface area contributed by atoms with E-state index in [0.717, 1.165) is 12.1 Å². The molecule has 0 aromatic heterocycles. The maximum Gasteiger partial charge on any atom is 0.196 e. The number of benzene rings is 2. The summed E-state index contributed by atoms with van der Waals surface area (Å²) in [6.07, 6.45) is 0. The molecule has 0 radical (unpaired) electrons. The first kappa shape index (κ1) is 15.1. The molecule has 0 aliphatic heterocycles. The molecule has 0 N–H and O–H groups in total. The van der Waals surface area contributed by atoms with Crippen molar-refractivity contribution < 1.29 is 18.3 Å². The summed E-state index contributed by atoms with van der Waals surface area (Å²) in [5.41, 5.74) is -0.0823. The van der Waals surface area contributed by atoms with E-state index in [-0.39, 0.29) is 15.6 Å². The molecule has 0 aliphatic carbocycles. The Bertz CT molecular complexity index is 687. The lowest BCUT2D eigenvalue weighted by Gasteiger charge is -2.07. The van der Waals surface area contributed by atoms with E-state index in [9.17, 15) is 13.6 Å². The number of methoxy groups -OCH3 is 1. The summed E-state index contributed by atoms with van der Waals surface area (Å²) in [5.74, 6) is -1.53. The zero-order valence-electron chi connectivity index (χ0n) is 10.2. The average molecular weight is 406 g/mol. The molecule has 0 unspecified atom stereocenters. The molecule has 2 aromatic carbocycles. The van der Waals surface area contributed by atoms with Gasteiger partial charge in [0.2, 0.25) is 0 Å². The van der Waals surface area contributed by atoms with Crippen LogP contribution in [0.2, 0.25) is 0 Å². The van der Waals surface area contributed by atoms with E-state index in [4.69, 9.17) is 4.74 Å². The number of ether oxygens (including phenoxy) is 1. The van der Waals surface area contributed by atoms with Crippen molar-refractivity contribution in [3.05, 3.63) is 62.0 Å². The third-order valence-corrected chi connectivity index (χ3v) is 3.90. The number of hydrogen-bond acceptors (Lipinski definition) is 2. The summed E-state index contributed by atoms with van der Waals surface area (Å²) >= 11 is 6.11. The van der Waals surface area contributed by atoms with Crippen LogP contribution < -0.4 is 4.74 Å². The summed E-state index contributed by atoms with van der Waals surface area (Å²) in [5, 5.41) is 0. The van der Waals surface area contributed by atoms with Crippen LogP contribution in [0.5, 0.6) is 5.75 Å². The second-order valence-electron chi connectivity index (χ2n) is 3.92. The third-order valence-electron chi connectivity index (χ3n) is 2.67. The fraction of sp³-hybridized carbons (Fsp3) is 0.0714. The SMILES string of the molecule is COc1ccc(C(=O)c2cc(F)c(Br)cc2F)cc1Br. The van der Waals surface area contributed by atoms with E-state index in [1.165, 1.54) is 19.2 Å². The molecule has 0 saturated heterocycles. The van der Waals surface area contributed by atoms with Gasteiger partial charge in [-0.25, -0.2) is 8.78 Å². The van der Waals surface area contributed by atoms with E-state index in [1.54, 1.807) is 6.07 Å². The van der Waals surface area contributed by atoms with Crippen molar-refractivity contribution in [2.24, 2.45) is 0 Å². The van der Waals surface area contributed by atoms with E-state index in [1.807, 2.05) is 0 Å². The Labute approximate surface area is 131 Å². The minimum atomic E-state index is -0.782. The van der Waals surface area contributed by atoms with Crippen LogP contribution in [0.4, 0.5) is 8.78 Å². The zero-order chi connectivity index (χ0) is 14.9. The summed E-state index contributed by atoms with van der Waals surface area (Å²) in [6, 6.07) is 6.37. The summed E-state index contributed by atoms with van der Waals surface area (Å²) in [6.45, 7) is 0. The van der Waals surface area contributed by atoms with E-state index in [0.29, 0.717) is 10.2 Å². The lowest BCUT2D eigenvalue weighted by atomic mass is 10.0. The molecule has 0 heterocycles. The van der Waals surface area contributed by atoms with Crippen LogP contribution in [-0.2, 0) is 0 Å². The minimum Gasteiger partial charge on any atom is -0.496 e. The first-order chi connectivity index (χ1) is 9.43. The van der Waals surface area contributed by atoms with Crippen molar-refractivity contribution in [3.8, 4) is 5.75 Å². The topological polar surface area (TPSA) is 26.3 Å². The van der Waals surface area contributed by atoms with Gasteiger partial charge in [-0.2, -0.15) is 0 Å². The average Bonchev–Trinajstić information content (AvgIpc) is 2.42. The van der Waals surface area contributed by atoms with Crippen LogP contribution in [0.1, 0.15) is 15.9 Å². The molecule has 6 heteroatoms. The first-order valence-corrected chi connectivity index (χ1v) is 7.05. The van der Waals surface area contributed by atoms with Crippen LogP contribution in [-0.4, -0.2) is 12.9 Å². The van der Waals surface area contributed by atoms with Crippen molar-refractivity contribution in [3.63, 3.8) is 0 Å². The molecule has 2 rings (SSSR count). The fourth-order valence-electron chi connectivity index (χ4n) is 1.66. The molecule has 104 valence electrons. The Morgan fingerprint density at radius 3 is 2.35 bits per heavy atom. The molecular formula is C14H8Br2F2O2. The highest BCUT2D eigenvalue weighted by Gasteiger charge is 2.18. The number of rotatable bonds is 3. The van der Waals surface area contributed by atoms with Gasteiger partial charge in [-0.05, 0) is 62.2 Å². The number of hydrogen-bond donors (Lipinski definition) is 0. The monoisotopic (exact) mass is 404 g/mol. The van der Waals surface area contributed by atoms with Crippen LogP contribution in [0, 0.1) is 11.6 Å². The van der Waals surface area contributed by atoms with Crippen molar-refractivity contribution in [1.29, 1.82) is 0 Å². The lowest BCUT2D eigenvalue weighted by Crippen LogP contribution is -2.05. The quantitative estimate of drug-likeness (QED) is 0.545. The number of carbonyl (C=O) groups is 1. The van der Waals surface area contributed by atoms with Crippen LogP contribution in [0.15, 0.2) is 39.3 Å². The van der Waals surface area contributed by atoms with E-state index < -0.39 is 17.4 Å². The Hall–Kier alpha value is -1.27. The molecule has 0 bridgehead atoms. The van der Waals surface area contributed by atoms with Crippen LogP contribution in [0.3, 0.4) is 0 Å². The predicted octanol–water partition coefficient (Wildman–Crippen LogP) is 4.73. The van der Waals surface area contributed by atoms with Crippen LogP contribution in [0.25, 0.3) is 0 Å². The Morgan fingerprint density at radius 2 is 1.75 bits per heavy atom. The van der Waals surface area contributed by atoms with Crippen molar-refractivity contribution >= 4 is 37.6 Å². The summed E-state index contributed by atoms with van der Waals surface area (Å²) in [7, 11) is 1.49. The van der Waals surface area contributed by atoms with Gasteiger partial charge in [0, 0.05) is 5.56 Å². The van der Waals surface area contributed by atoms with Crippen molar-refractivity contribution in [2.45, 2.75) is 0 Å². The highest BCUT2D eigenvalue weighted by molar-refractivity contribution is 9.10. The standard InChI is InChI=1S/C14H8Br2F2O2/c1-20-13-3-2-7(4-10(13)16)14(19)8-5-12(18)9(15)6-11(8)17/h2-6H,1H3. The summed E-state index contributed by atoms with van der Waals surface area (Å²) in [4.78, 5) is 12.2. The number of ketones is 1. The zero-order valence-corrected chi connectivity index (χ0v) is 13.4. The van der Waals surface area contributed by atoms with Gasteiger partial charge in [0.25, 0.3) is 0 Å². The van der Waals surface area contributed by atoms with Crippen molar-refractivity contribution in [1.82, 2.24) is 0 Å². The molecule has 0 fully saturated rings. The molecule has 20 heavy (non-hydrogen) atoms. The van der Waals surface area contributed by atoms with Gasteiger partial charge >= 0.3 is 0 Å². The van der Waals surface area contributed by atoms with Gasteiger partial charge in [-0.1, -0.05) is 0 Å². The van der Waals surface area contributed by atoms with Gasteiger partial charge in [0.15, 0.2) is 5.78 Å².